The Bertz CT molecular complexity index is 508. The minimum Gasteiger partial charge on any atom is -0.392 e. The average Bonchev–Trinajstić information content (AvgIpc) is 2.45. The largest absolute Gasteiger partial charge is 0.392 e. The van der Waals surface area contributed by atoms with Gasteiger partial charge in [-0.3, -0.25) is 0 Å². The topological polar surface area (TPSA) is 40.5 Å². The Kier molecular flexibility index (Phi) is 6.43. The van der Waals surface area contributed by atoms with Crippen molar-refractivity contribution >= 4 is 0 Å². The lowest BCUT2D eigenvalue weighted by Crippen LogP contribution is -1.86. The highest BCUT2D eigenvalue weighted by Gasteiger charge is 1.93. The van der Waals surface area contributed by atoms with Crippen molar-refractivity contribution in [1.29, 1.82) is 0 Å². The van der Waals surface area contributed by atoms with Gasteiger partial charge in [0.1, 0.15) is 0 Å². The average molecular weight is 272 g/mol. The Morgan fingerprint density at radius 1 is 0.600 bits per heavy atom. The van der Waals surface area contributed by atoms with Crippen molar-refractivity contribution < 1.29 is 10.2 Å². The highest BCUT2D eigenvalue weighted by molar-refractivity contribution is 5.30. The molecule has 0 heterocycles. The van der Waals surface area contributed by atoms with E-state index >= 15 is 0 Å². The molecule has 2 N–H and O–H groups in total. The van der Waals surface area contributed by atoms with Crippen molar-refractivity contribution in [2.45, 2.75) is 40.9 Å². The molecule has 0 radical (unpaired) electrons. The lowest BCUT2D eigenvalue weighted by Gasteiger charge is -2.00. The van der Waals surface area contributed by atoms with Crippen LogP contribution in [0.4, 0.5) is 0 Å². The van der Waals surface area contributed by atoms with E-state index in [9.17, 15) is 0 Å². The molecule has 108 valence electrons. The molecule has 20 heavy (non-hydrogen) atoms. The SMILES string of the molecule is Cc1ccc(CO)cc1C.Cc1ccc(CO)cc1C. The summed E-state index contributed by atoms with van der Waals surface area (Å²) < 4.78 is 0. The zero-order valence-corrected chi connectivity index (χ0v) is 12.8. The molecule has 2 heteroatoms. The van der Waals surface area contributed by atoms with Crippen LogP contribution in [0.25, 0.3) is 0 Å². The molecule has 0 saturated heterocycles. The van der Waals surface area contributed by atoms with Crippen molar-refractivity contribution in [3.63, 3.8) is 0 Å². The summed E-state index contributed by atoms with van der Waals surface area (Å²) in [5.41, 5.74) is 7.01. The van der Waals surface area contributed by atoms with Gasteiger partial charge in [0.2, 0.25) is 0 Å². The Morgan fingerprint density at radius 2 is 0.950 bits per heavy atom. The number of aryl methyl sites for hydroxylation is 4. The van der Waals surface area contributed by atoms with Crippen LogP contribution in [0.3, 0.4) is 0 Å². The maximum atomic E-state index is 8.75. The van der Waals surface area contributed by atoms with Crippen molar-refractivity contribution in [3.05, 3.63) is 69.8 Å². The second-order valence-corrected chi connectivity index (χ2v) is 5.15. The Balaban J connectivity index is 0.000000200. The lowest BCUT2D eigenvalue weighted by atomic mass is 10.1. The van der Waals surface area contributed by atoms with Gasteiger partial charge in [-0.15, -0.1) is 0 Å². The number of benzene rings is 2. The van der Waals surface area contributed by atoms with E-state index in [-0.39, 0.29) is 13.2 Å². The minimum atomic E-state index is 0.140. The molecule has 2 aromatic carbocycles. The minimum absolute atomic E-state index is 0.140. The second-order valence-electron chi connectivity index (χ2n) is 5.15. The van der Waals surface area contributed by atoms with E-state index in [2.05, 4.69) is 27.7 Å². The van der Waals surface area contributed by atoms with Gasteiger partial charge in [0.15, 0.2) is 0 Å². The molecule has 0 atom stereocenters. The fourth-order valence-electron chi connectivity index (χ4n) is 1.80. The molecule has 0 amide bonds. The molecule has 0 spiro atoms. The first-order valence-corrected chi connectivity index (χ1v) is 6.82. The van der Waals surface area contributed by atoms with E-state index in [4.69, 9.17) is 10.2 Å². The number of aliphatic hydroxyl groups excluding tert-OH is 2. The van der Waals surface area contributed by atoms with E-state index in [1.165, 1.54) is 22.3 Å². The van der Waals surface area contributed by atoms with Crippen molar-refractivity contribution in [2.24, 2.45) is 0 Å². The zero-order chi connectivity index (χ0) is 15.1. The number of hydrogen-bond donors (Lipinski definition) is 2. The molecule has 0 unspecified atom stereocenters. The van der Waals surface area contributed by atoms with Gasteiger partial charge in [-0.2, -0.15) is 0 Å². The molecule has 0 aliphatic rings. The summed E-state index contributed by atoms with van der Waals surface area (Å²) in [6.07, 6.45) is 0. The third-order valence-electron chi connectivity index (χ3n) is 3.51. The molecule has 2 nitrogen and oxygen atoms in total. The van der Waals surface area contributed by atoms with Crippen LogP contribution < -0.4 is 0 Å². The summed E-state index contributed by atoms with van der Waals surface area (Å²) in [7, 11) is 0. The maximum absolute atomic E-state index is 8.75. The van der Waals surface area contributed by atoms with Crippen LogP contribution in [-0.2, 0) is 13.2 Å². The van der Waals surface area contributed by atoms with Gasteiger partial charge >= 0.3 is 0 Å². The predicted octanol–water partition coefficient (Wildman–Crippen LogP) is 3.59. The number of aliphatic hydroxyl groups is 2. The van der Waals surface area contributed by atoms with E-state index in [0.717, 1.165) is 11.1 Å². The van der Waals surface area contributed by atoms with Gasteiger partial charge in [0, 0.05) is 0 Å². The number of hydrogen-bond acceptors (Lipinski definition) is 2. The first kappa shape index (κ1) is 16.4. The lowest BCUT2D eigenvalue weighted by molar-refractivity contribution is 0.281. The summed E-state index contributed by atoms with van der Waals surface area (Å²) in [4.78, 5) is 0. The molecular weight excluding hydrogens is 248 g/mol. The highest BCUT2D eigenvalue weighted by atomic mass is 16.3. The summed E-state index contributed by atoms with van der Waals surface area (Å²) in [6.45, 7) is 8.51. The van der Waals surface area contributed by atoms with Crippen molar-refractivity contribution in [3.8, 4) is 0 Å². The van der Waals surface area contributed by atoms with E-state index in [0.29, 0.717) is 0 Å². The van der Waals surface area contributed by atoms with E-state index in [1.807, 2.05) is 36.4 Å². The van der Waals surface area contributed by atoms with E-state index in [1.54, 1.807) is 0 Å². The van der Waals surface area contributed by atoms with Crippen molar-refractivity contribution in [2.75, 3.05) is 0 Å². The summed E-state index contributed by atoms with van der Waals surface area (Å²) in [5.74, 6) is 0. The monoisotopic (exact) mass is 272 g/mol. The van der Waals surface area contributed by atoms with Gasteiger partial charge in [0.25, 0.3) is 0 Å². The normalized spacial score (nSPS) is 9.90. The third kappa shape index (κ3) is 4.80. The predicted molar refractivity (Wildman–Crippen MR) is 83.7 cm³/mol. The Labute approximate surface area is 121 Å². The smallest absolute Gasteiger partial charge is 0.0681 e. The molecule has 0 fully saturated rings. The van der Waals surface area contributed by atoms with E-state index < -0.39 is 0 Å². The van der Waals surface area contributed by atoms with Gasteiger partial charge in [-0.1, -0.05) is 36.4 Å². The zero-order valence-electron chi connectivity index (χ0n) is 12.8. The fraction of sp³-hybridized carbons (Fsp3) is 0.333. The number of rotatable bonds is 2. The Morgan fingerprint density at radius 3 is 1.20 bits per heavy atom. The van der Waals surface area contributed by atoms with Crippen LogP contribution in [0, 0.1) is 27.7 Å². The summed E-state index contributed by atoms with van der Waals surface area (Å²) in [6, 6.07) is 12.0. The summed E-state index contributed by atoms with van der Waals surface area (Å²) in [5, 5.41) is 17.5. The van der Waals surface area contributed by atoms with Crippen LogP contribution in [0.15, 0.2) is 36.4 Å². The standard InChI is InChI=1S/2C9H12O/c2*1-7-3-4-9(6-10)5-8(7)2/h2*3-5,10H,6H2,1-2H3. The van der Waals surface area contributed by atoms with Crippen LogP contribution in [0.5, 0.6) is 0 Å². The molecule has 0 aromatic heterocycles. The van der Waals surface area contributed by atoms with Crippen LogP contribution in [0.1, 0.15) is 33.4 Å². The quantitative estimate of drug-likeness (QED) is 0.877. The van der Waals surface area contributed by atoms with Crippen molar-refractivity contribution in [1.82, 2.24) is 0 Å². The first-order valence-electron chi connectivity index (χ1n) is 6.82. The molecular formula is C18H24O2. The molecule has 2 aromatic rings. The highest BCUT2D eigenvalue weighted by Crippen LogP contribution is 2.09. The van der Waals surface area contributed by atoms with Gasteiger partial charge in [0.05, 0.1) is 13.2 Å². The van der Waals surface area contributed by atoms with Crippen LogP contribution in [-0.4, -0.2) is 10.2 Å². The molecule has 2 rings (SSSR count). The van der Waals surface area contributed by atoms with Crippen LogP contribution in [0.2, 0.25) is 0 Å². The second kappa shape index (κ2) is 7.83. The molecule has 0 bridgehead atoms. The molecule has 0 saturated carbocycles. The van der Waals surface area contributed by atoms with Crippen LogP contribution >= 0.6 is 0 Å². The Hall–Kier alpha value is -1.64. The van der Waals surface area contributed by atoms with Gasteiger partial charge in [-0.25, -0.2) is 0 Å². The fourth-order valence-corrected chi connectivity index (χ4v) is 1.80. The molecule has 0 aliphatic heterocycles. The first-order chi connectivity index (χ1) is 9.47. The van der Waals surface area contributed by atoms with Gasteiger partial charge < -0.3 is 10.2 Å². The third-order valence-corrected chi connectivity index (χ3v) is 3.51. The van der Waals surface area contributed by atoms with Gasteiger partial charge in [-0.05, 0) is 61.1 Å². The maximum Gasteiger partial charge on any atom is 0.0681 e. The molecule has 0 aliphatic carbocycles. The summed E-state index contributed by atoms with van der Waals surface area (Å²) >= 11 is 0.